The van der Waals surface area contributed by atoms with Crippen molar-refractivity contribution >= 4 is 44.9 Å². The van der Waals surface area contributed by atoms with E-state index in [4.69, 9.17) is 13.9 Å². The highest BCUT2D eigenvalue weighted by molar-refractivity contribution is 7.17. The van der Waals surface area contributed by atoms with Gasteiger partial charge in [-0.15, -0.1) is 0 Å². The fourth-order valence-electron chi connectivity index (χ4n) is 3.49. The van der Waals surface area contributed by atoms with Crippen LogP contribution in [0, 0.1) is 27.7 Å². The van der Waals surface area contributed by atoms with Gasteiger partial charge in [-0.1, -0.05) is 11.3 Å². The zero-order valence-corrected chi connectivity index (χ0v) is 20.3. The molecule has 0 bridgehead atoms. The Hall–Kier alpha value is -3.13. The van der Waals surface area contributed by atoms with Gasteiger partial charge >= 0.3 is 5.97 Å². The number of aromatic nitrogens is 1. The van der Waals surface area contributed by atoms with E-state index in [1.54, 1.807) is 13.8 Å². The van der Waals surface area contributed by atoms with Crippen LogP contribution in [0.1, 0.15) is 58.6 Å². The van der Waals surface area contributed by atoms with Gasteiger partial charge in [-0.25, -0.2) is 9.78 Å². The van der Waals surface area contributed by atoms with Crippen molar-refractivity contribution in [3.05, 3.63) is 45.2 Å². The van der Waals surface area contributed by atoms with E-state index in [1.165, 1.54) is 6.08 Å². The number of carbonyl (C=O) groups is 2. The molecule has 0 saturated carbocycles. The number of furan rings is 1. The van der Waals surface area contributed by atoms with E-state index in [-0.39, 0.29) is 12.5 Å². The summed E-state index contributed by atoms with van der Waals surface area (Å²) in [4.78, 5) is 29.4. The summed E-state index contributed by atoms with van der Waals surface area (Å²) < 4.78 is 16.9. The largest absolute Gasteiger partial charge is 0.493 e. The summed E-state index contributed by atoms with van der Waals surface area (Å²) in [6.45, 7) is 13.9. The topological polar surface area (TPSA) is 90.7 Å². The summed E-state index contributed by atoms with van der Waals surface area (Å²) in [7, 11) is 0. The molecule has 0 radical (unpaired) electrons. The molecule has 2 heterocycles. The lowest BCUT2D eigenvalue weighted by molar-refractivity contribution is -0.111. The average Bonchev–Trinajstić information content (AvgIpc) is 3.23. The van der Waals surface area contributed by atoms with E-state index in [9.17, 15) is 9.59 Å². The number of rotatable bonds is 7. The van der Waals surface area contributed by atoms with Crippen molar-refractivity contribution in [3.8, 4) is 5.75 Å². The summed E-state index contributed by atoms with van der Waals surface area (Å²) in [5.41, 5.74) is 4.86. The Morgan fingerprint density at radius 3 is 2.53 bits per heavy atom. The van der Waals surface area contributed by atoms with Gasteiger partial charge in [-0.05, 0) is 65.7 Å². The fourth-order valence-corrected chi connectivity index (χ4v) is 4.35. The Morgan fingerprint density at radius 1 is 1.16 bits per heavy atom. The average molecular weight is 457 g/mol. The van der Waals surface area contributed by atoms with Crippen LogP contribution in [0.5, 0.6) is 5.75 Å². The van der Waals surface area contributed by atoms with Crippen LogP contribution in [0.3, 0.4) is 0 Å². The molecule has 1 amide bonds. The predicted octanol–water partition coefficient (Wildman–Crippen LogP) is 5.74. The number of nitrogens with one attached hydrogen (secondary N) is 1. The Bertz CT molecular complexity index is 1220. The zero-order chi connectivity index (χ0) is 23.6. The molecule has 3 aromatic rings. The number of allylic oxidation sites excluding steroid dienone is 1. The standard InChI is InChI=1S/C24H28N2O5S/c1-8-29-20-14(5)21-18(13(4)16(7)31-21)11-17(20)12(3)10-19(27)26-24-25-15(6)22(32-24)23(28)30-9-2/h10-11H,8-9H2,1-7H3,(H,25,26,27)/b12-10+. The van der Waals surface area contributed by atoms with E-state index in [0.717, 1.165) is 50.3 Å². The molecule has 32 heavy (non-hydrogen) atoms. The van der Waals surface area contributed by atoms with Crippen LogP contribution in [0.15, 0.2) is 16.6 Å². The molecule has 0 fully saturated rings. The first-order valence-electron chi connectivity index (χ1n) is 10.5. The number of ether oxygens (including phenoxy) is 2. The van der Waals surface area contributed by atoms with Crippen LogP contribution >= 0.6 is 11.3 Å². The van der Waals surface area contributed by atoms with Crippen molar-refractivity contribution in [2.75, 3.05) is 18.5 Å². The first-order valence-corrected chi connectivity index (χ1v) is 11.3. The van der Waals surface area contributed by atoms with Gasteiger partial charge in [0.25, 0.3) is 0 Å². The van der Waals surface area contributed by atoms with Gasteiger partial charge in [0, 0.05) is 22.6 Å². The number of carbonyl (C=O) groups excluding carboxylic acids is 2. The molecule has 0 aliphatic rings. The van der Waals surface area contributed by atoms with E-state index in [1.807, 2.05) is 40.7 Å². The highest BCUT2D eigenvalue weighted by Gasteiger charge is 2.20. The van der Waals surface area contributed by atoms with Crippen molar-refractivity contribution in [3.63, 3.8) is 0 Å². The summed E-state index contributed by atoms with van der Waals surface area (Å²) in [5, 5.41) is 4.09. The number of hydrogen-bond donors (Lipinski definition) is 1. The van der Waals surface area contributed by atoms with E-state index in [0.29, 0.717) is 28.1 Å². The maximum atomic E-state index is 12.7. The van der Waals surface area contributed by atoms with Crippen LogP contribution in [-0.4, -0.2) is 30.1 Å². The SMILES string of the molecule is CCOC(=O)c1sc(NC(=O)/C=C(\C)c2cc3c(C)c(C)oc3c(C)c2OCC)nc1C. The number of fused-ring (bicyclic) bond motifs is 1. The monoisotopic (exact) mass is 456 g/mol. The van der Waals surface area contributed by atoms with E-state index < -0.39 is 5.97 Å². The van der Waals surface area contributed by atoms with Crippen LogP contribution < -0.4 is 10.1 Å². The molecule has 7 nitrogen and oxygen atoms in total. The molecule has 1 aromatic carbocycles. The van der Waals surface area contributed by atoms with Crippen molar-refractivity contribution in [1.82, 2.24) is 4.98 Å². The number of thiazole rings is 1. The maximum absolute atomic E-state index is 12.7. The third-order valence-electron chi connectivity index (χ3n) is 5.20. The lowest BCUT2D eigenvalue weighted by Crippen LogP contribution is -2.08. The van der Waals surface area contributed by atoms with Crippen molar-refractivity contribution < 1.29 is 23.5 Å². The van der Waals surface area contributed by atoms with Crippen LogP contribution in [-0.2, 0) is 9.53 Å². The molecule has 3 rings (SSSR count). The van der Waals surface area contributed by atoms with Gasteiger partial charge < -0.3 is 13.9 Å². The molecule has 8 heteroatoms. The molecule has 0 spiro atoms. The molecule has 0 atom stereocenters. The normalized spacial score (nSPS) is 11.7. The minimum absolute atomic E-state index is 0.279. The molecule has 1 N–H and O–H groups in total. The molecule has 0 aliphatic heterocycles. The summed E-state index contributed by atoms with van der Waals surface area (Å²) >= 11 is 1.10. The van der Waals surface area contributed by atoms with Crippen molar-refractivity contribution in [1.29, 1.82) is 0 Å². The molecule has 2 aromatic heterocycles. The highest BCUT2D eigenvalue weighted by Crippen LogP contribution is 2.39. The van der Waals surface area contributed by atoms with Crippen molar-refractivity contribution in [2.45, 2.75) is 48.5 Å². The molecule has 170 valence electrons. The third-order valence-corrected chi connectivity index (χ3v) is 6.25. The predicted molar refractivity (Wildman–Crippen MR) is 127 cm³/mol. The van der Waals surface area contributed by atoms with Crippen LogP contribution in [0.25, 0.3) is 16.5 Å². The van der Waals surface area contributed by atoms with Crippen molar-refractivity contribution in [2.24, 2.45) is 0 Å². The van der Waals surface area contributed by atoms with Gasteiger partial charge in [-0.3, -0.25) is 10.1 Å². The number of anilines is 1. The number of benzene rings is 1. The number of amides is 1. The second kappa shape index (κ2) is 9.56. The van der Waals surface area contributed by atoms with Gasteiger partial charge in [0.05, 0.1) is 18.9 Å². The minimum Gasteiger partial charge on any atom is -0.493 e. The van der Waals surface area contributed by atoms with E-state index >= 15 is 0 Å². The van der Waals surface area contributed by atoms with Crippen LogP contribution in [0.4, 0.5) is 5.13 Å². The lowest BCUT2D eigenvalue weighted by atomic mass is 9.98. The quantitative estimate of drug-likeness (QED) is 0.360. The number of esters is 1. The van der Waals surface area contributed by atoms with Gasteiger partial charge in [0.2, 0.25) is 5.91 Å². The summed E-state index contributed by atoms with van der Waals surface area (Å²) in [5.74, 6) is 0.779. The van der Waals surface area contributed by atoms with Gasteiger partial charge in [0.15, 0.2) is 5.13 Å². The summed E-state index contributed by atoms with van der Waals surface area (Å²) in [6, 6.07) is 2.00. The Morgan fingerprint density at radius 2 is 1.88 bits per heavy atom. The first-order chi connectivity index (χ1) is 15.2. The zero-order valence-electron chi connectivity index (χ0n) is 19.5. The number of aryl methyl sites for hydroxylation is 4. The Labute approximate surface area is 191 Å². The smallest absolute Gasteiger partial charge is 0.350 e. The highest BCUT2D eigenvalue weighted by atomic mass is 32.1. The molecular weight excluding hydrogens is 428 g/mol. The number of hydrogen-bond acceptors (Lipinski definition) is 7. The molecule has 0 unspecified atom stereocenters. The van der Waals surface area contributed by atoms with Crippen LogP contribution in [0.2, 0.25) is 0 Å². The van der Waals surface area contributed by atoms with E-state index in [2.05, 4.69) is 10.3 Å². The van der Waals surface area contributed by atoms with Gasteiger partial charge in [-0.2, -0.15) is 0 Å². The minimum atomic E-state index is -0.439. The molecule has 0 aliphatic carbocycles. The maximum Gasteiger partial charge on any atom is 0.350 e. The Balaban J connectivity index is 1.93. The first kappa shape index (κ1) is 23.5. The Kier molecular flexibility index (Phi) is 7.03. The second-order valence-corrected chi connectivity index (χ2v) is 8.44. The second-order valence-electron chi connectivity index (χ2n) is 7.44. The summed E-state index contributed by atoms with van der Waals surface area (Å²) in [6.07, 6.45) is 1.51. The molecule has 0 saturated heterocycles. The molecular formula is C24H28N2O5S. The number of nitrogens with zero attached hydrogens (tertiary/aromatic N) is 1. The third kappa shape index (κ3) is 4.55. The van der Waals surface area contributed by atoms with Gasteiger partial charge in [0.1, 0.15) is 22.0 Å². The fraction of sp³-hybridized carbons (Fsp3) is 0.375. The lowest BCUT2D eigenvalue weighted by Gasteiger charge is -2.14.